The van der Waals surface area contributed by atoms with Crippen molar-refractivity contribution >= 4 is 11.7 Å². The SMILES string of the molecule is Cc1cccnc1NC(=O)C1CCN([C@@H]2CCCC[C@@H]2O)CC1. The summed E-state index contributed by atoms with van der Waals surface area (Å²) in [5.74, 6) is 0.798. The zero-order valence-corrected chi connectivity index (χ0v) is 13.9. The molecule has 1 aromatic heterocycles. The van der Waals surface area contributed by atoms with Crippen molar-refractivity contribution in [2.45, 2.75) is 57.6 Å². The number of aromatic nitrogens is 1. The molecule has 5 heteroatoms. The van der Waals surface area contributed by atoms with Gasteiger partial charge in [0.25, 0.3) is 0 Å². The number of aliphatic hydroxyl groups excluding tert-OH is 1. The number of nitrogens with zero attached hydrogens (tertiary/aromatic N) is 2. The monoisotopic (exact) mass is 317 g/mol. The van der Waals surface area contributed by atoms with E-state index in [2.05, 4.69) is 15.2 Å². The Morgan fingerprint density at radius 2 is 2.00 bits per heavy atom. The molecule has 0 spiro atoms. The lowest BCUT2D eigenvalue weighted by Gasteiger charge is -2.41. The van der Waals surface area contributed by atoms with Crippen LogP contribution in [0.2, 0.25) is 0 Å². The maximum Gasteiger partial charge on any atom is 0.228 e. The minimum atomic E-state index is -0.190. The van der Waals surface area contributed by atoms with E-state index in [4.69, 9.17) is 0 Å². The second-order valence-electron chi connectivity index (χ2n) is 6.89. The molecule has 1 aliphatic heterocycles. The van der Waals surface area contributed by atoms with Gasteiger partial charge < -0.3 is 10.4 Å². The van der Waals surface area contributed by atoms with Gasteiger partial charge in [-0.25, -0.2) is 4.98 Å². The van der Waals surface area contributed by atoms with Crippen LogP contribution >= 0.6 is 0 Å². The molecule has 2 heterocycles. The first-order valence-corrected chi connectivity index (χ1v) is 8.80. The van der Waals surface area contributed by atoms with Crippen molar-refractivity contribution < 1.29 is 9.90 Å². The van der Waals surface area contributed by atoms with Crippen LogP contribution in [0.3, 0.4) is 0 Å². The van der Waals surface area contributed by atoms with Crippen molar-refractivity contribution in [2.24, 2.45) is 5.92 Å². The molecule has 2 aliphatic rings. The van der Waals surface area contributed by atoms with Gasteiger partial charge in [-0.05, 0) is 57.3 Å². The minimum Gasteiger partial charge on any atom is -0.391 e. The van der Waals surface area contributed by atoms with E-state index in [-0.39, 0.29) is 17.9 Å². The van der Waals surface area contributed by atoms with Gasteiger partial charge in [0.1, 0.15) is 5.82 Å². The van der Waals surface area contributed by atoms with Crippen molar-refractivity contribution in [1.29, 1.82) is 0 Å². The van der Waals surface area contributed by atoms with Crippen LogP contribution in [0.4, 0.5) is 5.82 Å². The topological polar surface area (TPSA) is 65.5 Å². The zero-order chi connectivity index (χ0) is 16.2. The summed E-state index contributed by atoms with van der Waals surface area (Å²) >= 11 is 0. The highest BCUT2D eigenvalue weighted by atomic mass is 16.3. The Balaban J connectivity index is 1.52. The highest BCUT2D eigenvalue weighted by Crippen LogP contribution is 2.28. The van der Waals surface area contributed by atoms with Crippen LogP contribution < -0.4 is 5.32 Å². The molecule has 0 bridgehead atoms. The fraction of sp³-hybridized carbons (Fsp3) is 0.667. The van der Waals surface area contributed by atoms with Crippen molar-refractivity contribution in [3.63, 3.8) is 0 Å². The lowest BCUT2D eigenvalue weighted by molar-refractivity contribution is -0.121. The molecule has 3 rings (SSSR count). The highest BCUT2D eigenvalue weighted by Gasteiger charge is 2.33. The van der Waals surface area contributed by atoms with E-state index in [0.29, 0.717) is 11.9 Å². The van der Waals surface area contributed by atoms with Crippen molar-refractivity contribution in [3.8, 4) is 0 Å². The molecule has 1 saturated heterocycles. The third kappa shape index (κ3) is 3.90. The number of nitrogens with one attached hydrogen (secondary N) is 1. The van der Waals surface area contributed by atoms with Crippen LogP contribution in [0.5, 0.6) is 0 Å². The first-order valence-electron chi connectivity index (χ1n) is 8.80. The van der Waals surface area contributed by atoms with Gasteiger partial charge in [-0.3, -0.25) is 9.69 Å². The van der Waals surface area contributed by atoms with Gasteiger partial charge in [0.15, 0.2) is 0 Å². The fourth-order valence-electron chi connectivity index (χ4n) is 3.85. The summed E-state index contributed by atoms with van der Waals surface area (Å²) in [5, 5.41) is 13.2. The summed E-state index contributed by atoms with van der Waals surface area (Å²) < 4.78 is 0. The van der Waals surface area contributed by atoms with E-state index >= 15 is 0 Å². The lowest BCUT2D eigenvalue weighted by atomic mass is 9.88. The molecule has 0 unspecified atom stereocenters. The first-order chi connectivity index (χ1) is 11.1. The Morgan fingerprint density at radius 1 is 1.26 bits per heavy atom. The Hall–Kier alpha value is -1.46. The number of anilines is 1. The smallest absolute Gasteiger partial charge is 0.228 e. The molecule has 2 N–H and O–H groups in total. The molecule has 1 aliphatic carbocycles. The Kier molecular flexibility index (Phi) is 5.28. The van der Waals surface area contributed by atoms with Crippen molar-refractivity contribution in [2.75, 3.05) is 18.4 Å². The number of rotatable bonds is 3. The van der Waals surface area contributed by atoms with Gasteiger partial charge >= 0.3 is 0 Å². The number of hydrogen-bond donors (Lipinski definition) is 2. The second kappa shape index (κ2) is 7.41. The summed E-state index contributed by atoms with van der Waals surface area (Å²) in [6.07, 6.45) is 7.60. The molecule has 23 heavy (non-hydrogen) atoms. The second-order valence-corrected chi connectivity index (χ2v) is 6.89. The number of amides is 1. The van der Waals surface area contributed by atoms with Crippen LogP contribution in [-0.4, -0.2) is 46.1 Å². The molecule has 1 amide bonds. The average Bonchev–Trinajstić information content (AvgIpc) is 2.57. The van der Waals surface area contributed by atoms with Gasteiger partial charge in [-0.1, -0.05) is 18.9 Å². The van der Waals surface area contributed by atoms with Crippen LogP contribution in [0.25, 0.3) is 0 Å². The summed E-state index contributed by atoms with van der Waals surface area (Å²) in [5.41, 5.74) is 0.989. The van der Waals surface area contributed by atoms with Crippen LogP contribution in [0.15, 0.2) is 18.3 Å². The van der Waals surface area contributed by atoms with E-state index in [1.165, 1.54) is 6.42 Å². The van der Waals surface area contributed by atoms with E-state index in [9.17, 15) is 9.90 Å². The number of carbonyl (C=O) groups is 1. The molecule has 1 aromatic rings. The van der Waals surface area contributed by atoms with E-state index < -0.39 is 0 Å². The van der Waals surface area contributed by atoms with E-state index in [0.717, 1.165) is 50.8 Å². The normalized spacial score (nSPS) is 26.9. The molecular formula is C18H27N3O2. The van der Waals surface area contributed by atoms with Crippen LogP contribution in [0, 0.1) is 12.8 Å². The number of pyridine rings is 1. The van der Waals surface area contributed by atoms with Gasteiger partial charge in [0.05, 0.1) is 6.10 Å². The number of aryl methyl sites for hydroxylation is 1. The van der Waals surface area contributed by atoms with Gasteiger partial charge in [-0.2, -0.15) is 0 Å². The summed E-state index contributed by atoms with van der Waals surface area (Å²) in [6.45, 7) is 3.76. The average molecular weight is 317 g/mol. The molecule has 2 fully saturated rings. The predicted molar refractivity (Wildman–Crippen MR) is 90.2 cm³/mol. The third-order valence-corrected chi connectivity index (χ3v) is 5.31. The predicted octanol–water partition coefficient (Wildman–Crippen LogP) is 2.34. The number of likely N-dealkylation sites (tertiary alicyclic amines) is 1. The molecular weight excluding hydrogens is 290 g/mol. The van der Waals surface area contributed by atoms with E-state index in [1.807, 2.05) is 19.1 Å². The largest absolute Gasteiger partial charge is 0.391 e. The van der Waals surface area contributed by atoms with Crippen LogP contribution in [-0.2, 0) is 4.79 Å². The van der Waals surface area contributed by atoms with Gasteiger partial charge in [0.2, 0.25) is 5.91 Å². The molecule has 126 valence electrons. The van der Waals surface area contributed by atoms with Gasteiger partial charge in [0, 0.05) is 18.2 Å². The number of aliphatic hydroxyl groups is 1. The third-order valence-electron chi connectivity index (χ3n) is 5.31. The Labute approximate surface area is 138 Å². The van der Waals surface area contributed by atoms with Crippen molar-refractivity contribution in [1.82, 2.24) is 9.88 Å². The molecule has 0 aromatic carbocycles. The maximum atomic E-state index is 12.4. The molecule has 0 radical (unpaired) electrons. The quantitative estimate of drug-likeness (QED) is 0.898. The van der Waals surface area contributed by atoms with Crippen molar-refractivity contribution in [3.05, 3.63) is 23.9 Å². The fourth-order valence-corrected chi connectivity index (χ4v) is 3.85. The lowest BCUT2D eigenvalue weighted by Crippen LogP contribution is -2.49. The number of carbonyl (C=O) groups excluding carboxylic acids is 1. The Morgan fingerprint density at radius 3 is 2.70 bits per heavy atom. The summed E-state index contributed by atoms with van der Waals surface area (Å²) in [6, 6.07) is 4.13. The maximum absolute atomic E-state index is 12.4. The Bertz CT molecular complexity index is 541. The summed E-state index contributed by atoms with van der Waals surface area (Å²) in [4.78, 5) is 19.1. The number of piperidine rings is 1. The molecule has 5 nitrogen and oxygen atoms in total. The summed E-state index contributed by atoms with van der Waals surface area (Å²) in [7, 11) is 0. The van der Waals surface area contributed by atoms with Crippen LogP contribution in [0.1, 0.15) is 44.1 Å². The number of hydrogen-bond acceptors (Lipinski definition) is 4. The highest BCUT2D eigenvalue weighted by molar-refractivity contribution is 5.92. The standard InChI is InChI=1S/C18H27N3O2/c1-13-5-4-10-19-17(13)20-18(23)14-8-11-21(12-9-14)15-6-2-3-7-16(15)22/h4-5,10,14-16,22H,2-3,6-9,11-12H2,1H3,(H,19,20,23)/t15-,16+/m1/s1. The van der Waals surface area contributed by atoms with Gasteiger partial charge in [-0.15, -0.1) is 0 Å². The zero-order valence-electron chi connectivity index (χ0n) is 13.9. The molecule has 2 atom stereocenters. The first kappa shape index (κ1) is 16.4. The molecule has 1 saturated carbocycles. The minimum absolute atomic E-state index is 0.0494. The van der Waals surface area contributed by atoms with E-state index in [1.54, 1.807) is 6.20 Å².